The van der Waals surface area contributed by atoms with Gasteiger partial charge in [-0.3, -0.25) is 4.99 Å². The number of sulfone groups is 1. The lowest BCUT2D eigenvalue weighted by Gasteiger charge is -2.21. The van der Waals surface area contributed by atoms with Gasteiger partial charge in [0.05, 0.1) is 11.3 Å². The van der Waals surface area contributed by atoms with Gasteiger partial charge in [-0.2, -0.15) is 0 Å². The Morgan fingerprint density at radius 1 is 1.22 bits per heavy atom. The van der Waals surface area contributed by atoms with Gasteiger partial charge in [0.1, 0.15) is 0 Å². The van der Waals surface area contributed by atoms with Gasteiger partial charge < -0.3 is 10.6 Å². The average molecular weight is 273 g/mol. The molecule has 2 aliphatic rings. The Hall–Kier alpha value is -0.780. The Labute approximate surface area is 109 Å². The topological polar surface area (TPSA) is 75.8 Å². The van der Waals surface area contributed by atoms with E-state index >= 15 is 0 Å². The molecule has 1 aliphatic carbocycles. The van der Waals surface area contributed by atoms with E-state index in [2.05, 4.69) is 9.89 Å². The minimum Gasteiger partial charge on any atom is -0.370 e. The molecule has 0 aromatic carbocycles. The number of likely N-dealkylation sites (tertiary alicyclic amines) is 1. The van der Waals surface area contributed by atoms with Crippen LogP contribution in [0.5, 0.6) is 0 Å². The third kappa shape index (κ3) is 2.96. The first kappa shape index (κ1) is 13.6. The molecule has 1 heterocycles. The zero-order valence-electron chi connectivity index (χ0n) is 11.1. The van der Waals surface area contributed by atoms with E-state index < -0.39 is 14.6 Å². The van der Waals surface area contributed by atoms with Crippen molar-refractivity contribution < 1.29 is 8.42 Å². The molecule has 0 aromatic rings. The van der Waals surface area contributed by atoms with E-state index in [4.69, 9.17) is 5.73 Å². The molecule has 0 unspecified atom stereocenters. The van der Waals surface area contributed by atoms with Crippen LogP contribution in [-0.2, 0) is 9.84 Å². The molecular weight excluding hydrogens is 250 g/mol. The van der Waals surface area contributed by atoms with Crippen LogP contribution in [-0.4, -0.2) is 49.9 Å². The number of nitrogens with zero attached hydrogens (tertiary/aromatic N) is 2. The highest BCUT2D eigenvalue weighted by Gasteiger charge is 2.52. The molecule has 1 aliphatic heterocycles. The summed E-state index contributed by atoms with van der Waals surface area (Å²) in [6, 6.07) is 0. The third-order valence-corrected chi connectivity index (χ3v) is 6.16. The summed E-state index contributed by atoms with van der Waals surface area (Å²) in [5, 5.41) is 0. The average Bonchev–Trinajstić information content (AvgIpc) is 3.10. The van der Waals surface area contributed by atoms with Crippen molar-refractivity contribution in [2.75, 3.05) is 25.9 Å². The number of guanidine groups is 1. The van der Waals surface area contributed by atoms with Crippen LogP contribution in [0.3, 0.4) is 0 Å². The SMILES string of the molecule is CS(=O)(=O)C1(CN=C(N)N2CCCCCC2)CC1. The molecule has 18 heavy (non-hydrogen) atoms. The van der Waals surface area contributed by atoms with Gasteiger partial charge >= 0.3 is 0 Å². The van der Waals surface area contributed by atoms with Crippen LogP contribution in [0.1, 0.15) is 38.5 Å². The van der Waals surface area contributed by atoms with E-state index in [1.54, 1.807) is 0 Å². The van der Waals surface area contributed by atoms with Gasteiger partial charge in [-0.05, 0) is 25.7 Å². The normalized spacial score (nSPS) is 24.7. The summed E-state index contributed by atoms with van der Waals surface area (Å²) in [6.45, 7) is 2.22. The van der Waals surface area contributed by atoms with Crippen LogP contribution in [0.25, 0.3) is 0 Å². The number of nitrogens with two attached hydrogens (primary N) is 1. The maximum absolute atomic E-state index is 11.6. The molecule has 2 rings (SSSR count). The number of hydrogen-bond acceptors (Lipinski definition) is 3. The van der Waals surface area contributed by atoms with E-state index in [9.17, 15) is 8.42 Å². The summed E-state index contributed by atoms with van der Waals surface area (Å²) in [5.41, 5.74) is 5.98. The summed E-state index contributed by atoms with van der Waals surface area (Å²) < 4.78 is 22.7. The molecule has 0 amide bonds. The first-order valence-corrected chi connectivity index (χ1v) is 8.58. The molecule has 2 fully saturated rings. The zero-order valence-corrected chi connectivity index (χ0v) is 11.9. The van der Waals surface area contributed by atoms with Crippen LogP contribution in [0.4, 0.5) is 0 Å². The monoisotopic (exact) mass is 273 g/mol. The highest BCUT2D eigenvalue weighted by Crippen LogP contribution is 2.43. The van der Waals surface area contributed by atoms with Crippen molar-refractivity contribution in [1.29, 1.82) is 0 Å². The van der Waals surface area contributed by atoms with Gasteiger partial charge in [-0.25, -0.2) is 8.42 Å². The third-order valence-electron chi connectivity index (χ3n) is 4.05. The number of hydrogen-bond donors (Lipinski definition) is 1. The molecule has 0 radical (unpaired) electrons. The predicted molar refractivity (Wildman–Crippen MR) is 73.3 cm³/mol. The Kier molecular flexibility index (Phi) is 3.84. The van der Waals surface area contributed by atoms with Gasteiger partial charge in [0, 0.05) is 19.3 Å². The van der Waals surface area contributed by atoms with E-state index in [1.165, 1.54) is 19.1 Å². The standard InChI is InChI=1S/C12H23N3O2S/c1-18(16,17)12(6-7-12)10-14-11(13)15-8-4-2-3-5-9-15/h2-10H2,1H3,(H2,13,14). The minimum atomic E-state index is -3.01. The molecular formula is C12H23N3O2S. The summed E-state index contributed by atoms with van der Waals surface area (Å²) in [6.07, 6.45) is 7.54. The van der Waals surface area contributed by atoms with Gasteiger partial charge in [0.15, 0.2) is 15.8 Å². The largest absolute Gasteiger partial charge is 0.370 e. The lowest BCUT2D eigenvalue weighted by molar-refractivity contribution is 0.428. The zero-order chi connectivity index (χ0) is 13.2. The fraction of sp³-hybridized carbons (Fsp3) is 0.917. The van der Waals surface area contributed by atoms with Crippen molar-refractivity contribution in [3.63, 3.8) is 0 Å². The smallest absolute Gasteiger partial charge is 0.191 e. The van der Waals surface area contributed by atoms with Crippen LogP contribution in [0, 0.1) is 0 Å². The van der Waals surface area contributed by atoms with Gasteiger partial charge in [-0.1, -0.05) is 12.8 Å². The first-order chi connectivity index (χ1) is 8.45. The van der Waals surface area contributed by atoms with Crippen LogP contribution >= 0.6 is 0 Å². The van der Waals surface area contributed by atoms with Crippen molar-refractivity contribution >= 4 is 15.8 Å². The molecule has 1 saturated heterocycles. The summed E-state index contributed by atoms with van der Waals surface area (Å²) in [4.78, 5) is 6.42. The van der Waals surface area contributed by atoms with Gasteiger partial charge in [0.25, 0.3) is 0 Å². The number of rotatable bonds is 3. The molecule has 104 valence electrons. The van der Waals surface area contributed by atoms with Crippen molar-refractivity contribution in [3.05, 3.63) is 0 Å². The second-order valence-electron chi connectivity index (χ2n) is 5.53. The fourth-order valence-corrected chi connectivity index (χ4v) is 3.55. The Bertz CT molecular complexity index is 419. The summed E-state index contributed by atoms with van der Waals surface area (Å²) in [7, 11) is -3.01. The Morgan fingerprint density at radius 2 is 1.78 bits per heavy atom. The fourth-order valence-electron chi connectivity index (χ4n) is 2.41. The Balaban J connectivity index is 1.96. The maximum atomic E-state index is 11.6. The van der Waals surface area contributed by atoms with Gasteiger partial charge in [-0.15, -0.1) is 0 Å². The lowest BCUT2D eigenvalue weighted by Crippen LogP contribution is -2.39. The quantitative estimate of drug-likeness (QED) is 0.608. The summed E-state index contributed by atoms with van der Waals surface area (Å²) >= 11 is 0. The number of aliphatic imine (C=N–C) groups is 1. The molecule has 0 atom stereocenters. The highest BCUT2D eigenvalue weighted by atomic mass is 32.2. The van der Waals surface area contributed by atoms with Crippen molar-refractivity contribution in [2.24, 2.45) is 10.7 Å². The summed E-state index contributed by atoms with van der Waals surface area (Å²) in [5.74, 6) is 0.520. The van der Waals surface area contributed by atoms with Crippen LogP contribution < -0.4 is 5.73 Å². The van der Waals surface area contributed by atoms with E-state index in [0.29, 0.717) is 12.5 Å². The minimum absolute atomic E-state index is 0.328. The van der Waals surface area contributed by atoms with E-state index in [0.717, 1.165) is 38.8 Å². The second kappa shape index (κ2) is 5.07. The molecule has 2 N–H and O–H groups in total. The van der Waals surface area contributed by atoms with Crippen molar-refractivity contribution in [2.45, 2.75) is 43.3 Å². The van der Waals surface area contributed by atoms with Crippen LogP contribution in [0.2, 0.25) is 0 Å². The molecule has 0 bridgehead atoms. The molecule has 0 aromatic heterocycles. The van der Waals surface area contributed by atoms with Crippen molar-refractivity contribution in [3.8, 4) is 0 Å². The maximum Gasteiger partial charge on any atom is 0.191 e. The first-order valence-electron chi connectivity index (χ1n) is 6.69. The van der Waals surface area contributed by atoms with E-state index in [-0.39, 0.29) is 0 Å². The van der Waals surface area contributed by atoms with Gasteiger partial charge in [0.2, 0.25) is 0 Å². The van der Waals surface area contributed by atoms with E-state index in [1.807, 2.05) is 0 Å². The lowest BCUT2D eigenvalue weighted by atomic mass is 10.2. The Morgan fingerprint density at radius 3 is 2.22 bits per heavy atom. The van der Waals surface area contributed by atoms with Crippen LogP contribution in [0.15, 0.2) is 4.99 Å². The highest BCUT2D eigenvalue weighted by molar-refractivity contribution is 7.92. The van der Waals surface area contributed by atoms with Crippen molar-refractivity contribution in [1.82, 2.24) is 4.90 Å². The second-order valence-corrected chi connectivity index (χ2v) is 7.94. The molecule has 6 heteroatoms. The molecule has 0 spiro atoms. The molecule has 1 saturated carbocycles. The molecule has 5 nitrogen and oxygen atoms in total. The predicted octanol–water partition coefficient (Wildman–Crippen LogP) is 0.754.